The van der Waals surface area contributed by atoms with Crippen LogP contribution in [0.2, 0.25) is 0 Å². The van der Waals surface area contributed by atoms with E-state index in [1.54, 1.807) is 4.68 Å². The number of para-hydroxylation sites is 2. The Morgan fingerprint density at radius 2 is 1.91 bits per heavy atom. The van der Waals surface area contributed by atoms with Gasteiger partial charge in [-0.1, -0.05) is 12.1 Å². The van der Waals surface area contributed by atoms with E-state index in [0.29, 0.717) is 12.6 Å². The Morgan fingerprint density at radius 1 is 1.12 bits per heavy atom. The van der Waals surface area contributed by atoms with E-state index in [4.69, 9.17) is 4.42 Å². The molecule has 2 aromatic heterocycles. The van der Waals surface area contributed by atoms with Gasteiger partial charge < -0.3 is 19.5 Å². The summed E-state index contributed by atoms with van der Waals surface area (Å²) in [5.41, 5.74) is 2.93. The van der Waals surface area contributed by atoms with Gasteiger partial charge in [-0.15, -0.1) is 0 Å². The van der Waals surface area contributed by atoms with Crippen LogP contribution >= 0.6 is 0 Å². The van der Waals surface area contributed by atoms with E-state index in [0.717, 1.165) is 81.0 Å². The number of carbonyl (C=O) groups excluding carboxylic acids is 1. The van der Waals surface area contributed by atoms with Crippen molar-refractivity contribution < 1.29 is 9.21 Å². The van der Waals surface area contributed by atoms with Gasteiger partial charge in [0.1, 0.15) is 5.52 Å². The molecule has 2 aliphatic rings. The van der Waals surface area contributed by atoms with Gasteiger partial charge in [-0.25, -0.2) is 0 Å². The molecular formula is C24H32N6O2. The van der Waals surface area contributed by atoms with Crippen LogP contribution in [0.5, 0.6) is 0 Å². The molecule has 0 radical (unpaired) electrons. The van der Waals surface area contributed by atoms with Crippen molar-refractivity contribution in [3.8, 4) is 0 Å². The number of benzene rings is 1. The number of hydrogen-bond acceptors (Lipinski definition) is 6. The second-order valence-corrected chi connectivity index (χ2v) is 9.06. The molecule has 3 aromatic rings. The minimum absolute atomic E-state index is 0.139. The molecule has 0 spiro atoms. The number of hydrogen-bond donors (Lipinski definition) is 1. The maximum atomic E-state index is 12.6. The Balaban J connectivity index is 1.05. The number of aryl methyl sites for hydroxylation is 1. The first kappa shape index (κ1) is 21.0. The first-order chi connectivity index (χ1) is 15.7. The normalized spacial score (nSPS) is 19.0. The predicted molar refractivity (Wildman–Crippen MR) is 123 cm³/mol. The minimum Gasteiger partial charge on any atom is -0.423 e. The van der Waals surface area contributed by atoms with Gasteiger partial charge in [-0.2, -0.15) is 10.1 Å². The highest BCUT2D eigenvalue weighted by atomic mass is 16.4. The first-order valence-corrected chi connectivity index (χ1v) is 11.8. The standard InChI is InChI=1S/C24H32N6O2/c1-28-17-18(16-26-28)6-11-25-23(31)19-7-12-29(13-8-19)20-9-14-30(15-10-20)24-27-21-4-2-3-5-22(21)32-24/h2-5,16-17,19-20H,6-15H2,1H3,(H,25,31). The van der Waals surface area contributed by atoms with Gasteiger partial charge >= 0.3 is 0 Å². The highest BCUT2D eigenvalue weighted by Crippen LogP contribution is 2.28. The molecule has 0 saturated carbocycles. The molecule has 1 N–H and O–H groups in total. The average molecular weight is 437 g/mol. The molecule has 8 nitrogen and oxygen atoms in total. The van der Waals surface area contributed by atoms with E-state index in [1.165, 1.54) is 0 Å². The Labute approximate surface area is 188 Å². The molecule has 0 bridgehead atoms. The topological polar surface area (TPSA) is 79.4 Å². The van der Waals surface area contributed by atoms with Crippen LogP contribution in [0.15, 0.2) is 41.1 Å². The smallest absolute Gasteiger partial charge is 0.298 e. The average Bonchev–Trinajstić information content (AvgIpc) is 3.45. The van der Waals surface area contributed by atoms with Gasteiger partial charge in [0, 0.05) is 44.8 Å². The molecule has 2 fully saturated rings. The Hall–Kier alpha value is -2.87. The number of aromatic nitrogens is 3. The fraction of sp³-hybridized carbons (Fsp3) is 0.542. The van der Waals surface area contributed by atoms with Crippen LogP contribution in [0.3, 0.4) is 0 Å². The van der Waals surface area contributed by atoms with Crippen molar-refractivity contribution >= 4 is 23.0 Å². The van der Waals surface area contributed by atoms with E-state index in [2.05, 4.69) is 25.2 Å². The summed E-state index contributed by atoms with van der Waals surface area (Å²) in [6, 6.07) is 9.27. The van der Waals surface area contributed by atoms with Gasteiger partial charge in [0.15, 0.2) is 5.58 Å². The molecule has 0 atom stereocenters. The summed E-state index contributed by atoms with van der Waals surface area (Å²) >= 11 is 0. The lowest BCUT2D eigenvalue weighted by Gasteiger charge is -2.41. The second-order valence-electron chi connectivity index (χ2n) is 9.06. The number of fused-ring (bicyclic) bond motifs is 1. The van der Waals surface area contributed by atoms with Crippen molar-refractivity contribution in [2.24, 2.45) is 13.0 Å². The number of carbonyl (C=O) groups is 1. The molecule has 2 aliphatic heterocycles. The maximum absolute atomic E-state index is 12.6. The van der Waals surface area contributed by atoms with Crippen LogP contribution in [0.4, 0.5) is 6.01 Å². The second kappa shape index (κ2) is 9.32. The number of nitrogens with one attached hydrogen (secondary N) is 1. The molecule has 0 unspecified atom stereocenters. The highest BCUT2D eigenvalue weighted by Gasteiger charge is 2.31. The fourth-order valence-electron chi connectivity index (χ4n) is 5.02. The summed E-state index contributed by atoms with van der Waals surface area (Å²) in [6.45, 7) is 4.63. The minimum atomic E-state index is 0.139. The number of nitrogens with zero attached hydrogens (tertiary/aromatic N) is 5. The summed E-state index contributed by atoms with van der Waals surface area (Å²) in [6.07, 6.45) is 8.81. The fourth-order valence-corrected chi connectivity index (χ4v) is 5.02. The summed E-state index contributed by atoms with van der Waals surface area (Å²) < 4.78 is 7.74. The number of rotatable bonds is 6. The van der Waals surface area contributed by atoms with Crippen molar-refractivity contribution in [3.63, 3.8) is 0 Å². The van der Waals surface area contributed by atoms with E-state index in [9.17, 15) is 4.79 Å². The van der Waals surface area contributed by atoms with Gasteiger partial charge in [0.05, 0.1) is 6.20 Å². The van der Waals surface area contributed by atoms with Crippen LogP contribution in [-0.4, -0.2) is 64.3 Å². The van der Waals surface area contributed by atoms with Crippen molar-refractivity contribution in [2.75, 3.05) is 37.6 Å². The van der Waals surface area contributed by atoms with E-state index in [1.807, 2.05) is 43.7 Å². The van der Waals surface area contributed by atoms with E-state index < -0.39 is 0 Å². The third-order valence-corrected chi connectivity index (χ3v) is 6.91. The maximum Gasteiger partial charge on any atom is 0.298 e. The molecule has 0 aliphatic carbocycles. The van der Waals surface area contributed by atoms with Crippen LogP contribution in [0.25, 0.3) is 11.1 Å². The van der Waals surface area contributed by atoms with Crippen LogP contribution in [0, 0.1) is 5.92 Å². The summed E-state index contributed by atoms with van der Waals surface area (Å²) in [4.78, 5) is 22.1. The van der Waals surface area contributed by atoms with Crippen LogP contribution in [0.1, 0.15) is 31.2 Å². The molecule has 1 aromatic carbocycles. The van der Waals surface area contributed by atoms with Crippen molar-refractivity contribution in [3.05, 3.63) is 42.2 Å². The lowest BCUT2D eigenvalue weighted by molar-refractivity contribution is -0.126. The number of piperidine rings is 2. The molecule has 170 valence electrons. The molecule has 1 amide bonds. The van der Waals surface area contributed by atoms with E-state index >= 15 is 0 Å². The largest absolute Gasteiger partial charge is 0.423 e. The quantitative estimate of drug-likeness (QED) is 0.640. The van der Waals surface area contributed by atoms with Crippen molar-refractivity contribution in [1.82, 2.24) is 25.0 Å². The third kappa shape index (κ3) is 4.65. The zero-order valence-electron chi connectivity index (χ0n) is 18.7. The van der Waals surface area contributed by atoms with Gasteiger partial charge in [0.25, 0.3) is 6.01 Å². The zero-order valence-corrected chi connectivity index (χ0v) is 18.7. The number of oxazole rings is 1. The molecule has 32 heavy (non-hydrogen) atoms. The predicted octanol–water partition coefficient (Wildman–Crippen LogP) is 2.60. The Kier molecular flexibility index (Phi) is 6.12. The SMILES string of the molecule is Cn1cc(CCNC(=O)C2CCN(C3CCN(c4nc5ccccc5o4)CC3)CC2)cn1. The molecule has 5 rings (SSSR count). The third-order valence-electron chi connectivity index (χ3n) is 6.91. The summed E-state index contributed by atoms with van der Waals surface area (Å²) in [7, 11) is 1.91. The number of anilines is 1. The molecule has 8 heteroatoms. The van der Waals surface area contributed by atoms with Gasteiger partial charge in [0.2, 0.25) is 5.91 Å². The molecule has 4 heterocycles. The van der Waals surface area contributed by atoms with E-state index in [-0.39, 0.29) is 11.8 Å². The van der Waals surface area contributed by atoms with Crippen LogP contribution in [-0.2, 0) is 18.3 Å². The lowest BCUT2D eigenvalue weighted by atomic mass is 9.93. The monoisotopic (exact) mass is 436 g/mol. The van der Waals surface area contributed by atoms with Gasteiger partial charge in [-0.05, 0) is 62.9 Å². The Morgan fingerprint density at radius 3 is 2.62 bits per heavy atom. The summed E-state index contributed by atoms with van der Waals surface area (Å²) in [5.74, 6) is 0.347. The number of likely N-dealkylation sites (tertiary alicyclic amines) is 1. The van der Waals surface area contributed by atoms with Crippen molar-refractivity contribution in [2.45, 2.75) is 38.1 Å². The number of amides is 1. The van der Waals surface area contributed by atoms with Crippen molar-refractivity contribution in [1.29, 1.82) is 0 Å². The highest BCUT2D eigenvalue weighted by molar-refractivity contribution is 5.78. The zero-order chi connectivity index (χ0) is 21.9. The first-order valence-electron chi connectivity index (χ1n) is 11.8. The van der Waals surface area contributed by atoms with Crippen LogP contribution < -0.4 is 10.2 Å². The Bertz CT molecular complexity index is 1010. The summed E-state index contributed by atoms with van der Waals surface area (Å²) in [5, 5.41) is 7.30. The molecule has 2 saturated heterocycles. The molecular weight excluding hydrogens is 404 g/mol. The lowest BCUT2D eigenvalue weighted by Crippen LogP contribution is -2.49. The van der Waals surface area contributed by atoms with Gasteiger partial charge in [-0.3, -0.25) is 9.48 Å².